The van der Waals surface area contributed by atoms with E-state index in [1.54, 1.807) is 6.08 Å². The molecule has 2 atom stereocenters. The maximum Gasteiger partial charge on any atom is 0.221 e. The molecule has 2 unspecified atom stereocenters. The Morgan fingerprint density at radius 3 is 2.65 bits per heavy atom. The van der Waals surface area contributed by atoms with Gasteiger partial charge in [0, 0.05) is 43.2 Å². The minimum atomic E-state index is -0.445. The average Bonchev–Trinajstić information content (AvgIpc) is 2.89. The molecule has 1 aliphatic carbocycles. The van der Waals surface area contributed by atoms with Crippen molar-refractivity contribution >= 4 is 11.7 Å². The number of amides is 1. The molecule has 0 radical (unpaired) electrons. The van der Waals surface area contributed by atoms with Crippen molar-refractivity contribution in [1.29, 1.82) is 0 Å². The molecule has 1 rings (SSSR count). The van der Waals surface area contributed by atoms with Gasteiger partial charge in [-0.3, -0.25) is 9.59 Å². The van der Waals surface area contributed by atoms with Crippen LogP contribution in [0.1, 0.15) is 52.9 Å². The lowest BCUT2D eigenvalue weighted by atomic mass is 10.0. The fraction of sp³-hybridized carbons (Fsp3) is 0.700. The first-order chi connectivity index (χ1) is 12.3. The SMILES string of the molecule is C=C(C)C(CCCCNC)NC1=CC(=O)C(NC(=O)CCNC(C)C)C1. The van der Waals surface area contributed by atoms with Gasteiger partial charge in [-0.15, -0.1) is 0 Å². The summed E-state index contributed by atoms with van der Waals surface area (Å²) in [4.78, 5) is 24.2. The molecule has 4 N–H and O–H groups in total. The molecule has 26 heavy (non-hydrogen) atoms. The highest BCUT2D eigenvalue weighted by Crippen LogP contribution is 2.18. The fourth-order valence-corrected chi connectivity index (χ4v) is 2.93. The van der Waals surface area contributed by atoms with E-state index in [0.29, 0.717) is 25.4 Å². The number of carbonyl (C=O) groups is 2. The van der Waals surface area contributed by atoms with Gasteiger partial charge in [0.15, 0.2) is 5.78 Å². The van der Waals surface area contributed by atoms with Gasteiger partial charge in [-0.05, 0) is 39.8 Å². The van der Waals surface area contributed by atoms with Crippen LogP contribution in [0.4, 0.5) is 0 Å². The summed E-state index contributed by atoms with van der Waals surface area (Å²) < 4.78 is 0. The maximum atomic E-state index is 12.2. The van der Waals surface area contributed by atoms with E-state index in [1.807, 2.05) is 27.8 Å². The van der Waals surface area contributed by atoms with Crippen LogP contribution in [0.5, 0.6) is 0 Å². The van der Waals surface area contributed by atoms with Crippen molar-refractivity contribution in [2.75, 3.05) is 20.1 Å². The van der Waals surface area contributed by atoms with Gasteiger partial charge >= 0.3 is 0 Å². The van der Waals surface area contributed by atoms with E-state index in [-0.39, 0.29) is 17.7 Å². The Balaban J connectivity index is 2.42. The Morgan fingerprint density at radius 1 is 1.31 bits per heavy atom. The lowest BCUT2D eigenvalue weighted by Gasteiger charge is -2.21. The second-order valence-corrected chi connectivity index (χ2v) is 7.40. The van der Waals surface area contributed by atoms with Crippen LogP contribution >= 0.6 is 0 Å². The van der Waals surface area contributed by atoms with Crippen LogP contribution in [0, 0.1) is 0 Å². The first kappa shape index (κ1) is 22.4. The Bertz CT molecular complexity index is 514. The Labute approximate surface area is 158 Å². The van der Waals surface area contributed by atoms with E-state index in [0.717, 1.165) is 37.1 Å². The van der Waals surface area contributed by atoms with Crippen molar-refractivity contribution in [2.45, 2.75) is 71.0 Å². The first-order valence-corrected chi connectivity index (χ1v) is 9.67. The molecule has 0 fully saturated rings. The van der Waals surface area contributed by atoms with Gasteiger partial charge in [-0.2, -0.15) is 0 Å². The molecule has 0 saturated heterocycles. The van der Waals surface area contributed by atoms with Gasteiger partial charge in [-0.25, -0.2) is 0 Å². The molecule has 148 valence electrons. The molecular formula is C20H36N4O2. The predicted octanol–water partition coefficient (Wildman–Crippen LogP) is 1.64. The summed E-state index contributed by atoms with van der Waals surface area (Å²) in [6.07, 6.45) is 5.73. The lowest BCUT2D eigenvalue weighted by Crippen LogP contribution is -2.40. The number of nitrogens with one attached hydrogen (secondary N) is 4. The zero-order valence-corrected chi connectivity index (χ0v) is 16.8. The summed E-state index contributed by atoms with van der Waals surface area (Å²) in [6, 6.07) is 0.0651. The molecule has 0 aromatic carbocycles. The van der Waals surface area contributed by atoms with Gasteiger partial charge in [0.2, 0.25) is 5.91 Å². The summed E-state index contributed by atoms with van der Waals surface area (Å²) in [5, 5.41) is 12.6. The zero-order valence-electron chi connectivity index (χ0n) is 16.8. The van der Waals surface area contributed by atoms with Crippen molar-refractivity contribution < 1.29 is 9.59 Å². The summed E-state index contributed by atoms with van der Waals surface area (Å²) >= 11 is 0. The highest BCUT2D eigenvalue weighted by molar-refractivity contribution is 5.99. The lowest BCUT2D eigenvalue weighted by molar-refractivity contribution is -0.125. The van der Waals surface area contributed by atoms with E-state index < -0.39 is 6.04 Å². The smallest absolute Gasteiger partial charge is 0.221 e. The summed E-state index contributed by atoms with van der Waals surface area (Å²) in [6.45, 7) is 11.8. The zero-order chi connectivity index (χ0) is 19.5. The third-order valence-corrected chi connectivity index (χ3v) is 4.45. The van der Waals surface area contributed by atoms with E-state index in [1.165, 1.54) is 0 Å². The van der Waals surface area contributed by atoms with Crippen molar-refractivity contribution in [2.24, 2.45) is 0 Å². The fourth-order valence-electron chi connectivity index (χ4n) is 2.93. The molecule has 0 heterocycles. The first-order valence-electron chi connectivity index (χ1n) is 9.67. The van der Waals surface area contributed by atoms with Crippen molar-refractivity contribution in [3.8, 4) is 0 Å². The number of unbranched alkanes of at least 4 members (excludes halogenated alkanes) is 1. The van der Waals surface area contributed by atoms with Crippen LogP contribution in [0.25, 0.3) is 0 Å². The van der Waals surface area contributed by atoms with Gasteiger partial charge in [0.1, 0.15) is 0 Å². The van der Waals surface area contributed by atoms with Crippen LogP contribution in [0.2, 0.25) is 0 Å². The van der Waals surface area contributed by atoms with E-state index in [4.69, 9.17) is 0 Å². The second-order valence-electron chi connectivity index (χ2n) is 7.40. The van der Waals surface area contributed by atoms with Crippen LogP contribution < -0.4 is 21.3 Å². The Morgan fingerprint density at radius 2 is 2.04 bits per heavy atom. The normalized spacial score (nSPS) is 18.0. The van der Waals surface area contributed by atoms with Crippen LogP contribution in [0.3, 0.4) is 0 Å². The average molecular weight is 365 g/mol. The van der Waals surface area contributed by atoms with Gasteiger partial charge in [-0.1, -0.05) is 26.0 Å². The summed E-state index contributed by atoms with van der Waals surface area (Å²) in [5.74, 6) is -0.122. The molecule has 0 aliphatic heterocycles. The molecule has 1 amide bonds. The van der Waals surface area contributed by atoms with Gasteiger partial charge in [0.05, 0.1) is 6.04 Å². The molecule has 0 saturated carbocycles. The third kappa shape index (κ3) is 8.63. The highest BCUT2D eigenvalue weighted by Gasteiger charge is 2.27. The van der Waals surface area contributed by atoms with Crippen molar-refractivity contribution in [1.82, 2.24) is 21.3 Å². The molecule has 6 nitrogen and oxygen atoms in total. The minimum Gasteiger partial charge on any atom is -0.382 e. The highest BCUT2D eigenvalue weighted by atomic mass is 16.2. The largest absolute Gasteiger partial charge is 0.382 e. The molecule has 1 aliphatic rings. The maximum absolute atomic E-state index is 12.2. The second kappa shape index (κ2) is 11.9. The third-order valence-electron chi connectivity index (χ3n) is 4.45. The molecule has 0 aromatic rings. The standard InChI is InChI=1S/C20H36N4O2/c1-14(2)17(8-6-7-10-21-5)23-16-12-18(19(25)13-16)24-20(26)9-11-22-15(3)4/h13,15,17-18,21-23H,1,6-12H2,2-5H3,(H,24,26). The Hall–Kier alpha value is -1.66. The Kier molecular flexibility index (Phi) is 10.2. The molecular weight excluding hydrogens is 328 g/mol. The minimum absolute atomic E-state index is 0.0340. The quantitative estimate of drug-likeness (QED) is 0.295. The number of hydrogen-bond acceptors (Lipinski definition) is 5. The van der Waals surface area contributed by atoms with Crippen molar-refractivity contribution in [3.63, 3.8) is 0 Å². The van der Waals surface area contributed by atoms with Crippen LogP contribution in [-0.2, 0) is 9.59 Å². The van der Waals surface area contributed by atoms with E-state index in [9.17, 15) is 9.59 Å². The van der Waals surface area contributed by atoms with Gasteiger partial charge in [0.25, 0.3) is 0 Å². The molecule has 0 bridgehead atoms. The van der Waals surface area contributed by atoms with Crippen molar-refractivity contribution in [3.05, 3.63) is 23.9 Å². The number of ketones is 1. The number of hydrogen-bond donors (Lipinski definition) is 4. The number of carbonyl (C=O) groups excluding carboxylic acids is 2. The summed E-state index contributed by atoms with van der Waals surface area (Å²) in [7, 11) is 1.96. The molecule has 0 spiro atoms. The van der Waals surface area contributed by atoms with E-state index >= 15 is 0 Å². The van der Waals surface area contributed by atoms with Gasteiger partial charge < -0.3 is 21.3 Å². The number of rotatable bonds is 13. The van der Waals surface area contributed by atoms with E-state index in [2.05, 4.69) is 27.8 Å². The topological polar surface area (TPSA) is 82.3 Å². The molecule has 0 aromatic heterocycles. The van der Waals surface area contributed by atoms with Crippen LogP contribution in [0.15, 0.2) is 23.9 Å². The summed E-state index contributed by atoms with van der Waals surface area (Å²) in [5.41, 5.74) is 1.96. The van der Waals surface area contributed by atoms with Crippen LogP contribution in [-0.4, -0.2) is 50.0 Å². The monoisotopic (exact) mass is 364 g/mol. The molecule has 6 heteroatoms. The predicted molar refractivity (Wildman–Crippen MR) is 107 cm³/mol.